The Labute approximate surface area is 178 Å². The summed E-state index contributed by atoms with van der Waals surface area (Å²) in [6.07, 6.45) is 1.57. The molecule has 0 radical (unpaired) electrons. The van der Waals surface area contributed by atoms with E-state index < -0.39 is 10.8 Å². The molecular weight excluding hydrogens is 400 g/mol. The van der Waals surface area contributed by atoms with E-state index in [1.807, 2.05) is 0 Å². The second-order valence-corrected chi connectivity index (χ2v) is 7.78. The van der Waals surface area contributed by atoms with Gasteiger partial charge in [-0.1, -0.05) is 12.1 Å². The number of hydrogen-bond donors (Lipinski definition) is 1. The second kappa shape index (κ2) is 7.86. The van der Waals surface area contributed by atoms with Crippen LogP contribution in [0.5, 0.6) is 11.5 Å². The van der Waals surface area contributed by atoms with Crippen molar-refractivity contribution in [1.29, 1.82) is 0 Å². The van der Waals surface area contributed by atoms with Gasteiger partial charge in [0.05, 0.1) is 17.7 Å². The van der Waals surface area contributed by atoms with Gasteiger partial charge in [-0.15, -0.1) is 0 Å². The fourth-order valence-electron chi connectivity index (χ4n) is 4.42. The Morgan fingerprint density at radius 3 is 2.65 bits per heavy atom. The molecule has 1 unspecified atom stereocenters. The van der Waals surface area contributed by atoms with Crippen molar-refractivity contribution in [3.63, 3.8) is 0 Å². The number of carbonyl (C=O) groups is 2. The van der Waals surface area contributed by atoms with E-state index in [2.05, 4.69) is 0 Å². The first-order valence-electron chi connectivity index (χ1n) is 10.0. The van der Waals surface area contributed by atoms with Crippen LogP contribution in [0.25, 0.3) is 0 Å². The van der Waals surface area contributed by atoms with Crippen molar-refractivity contribution < 1.29 is 24.4 Å². The van der Waals surface area contributed by atoms with Crippen molar-refractivity contribution in [3.05, 3.63) is 68.9 Å². The number of methoxy groups -OCH3 is 1. The molecule has 0 bridgehead atoms. The van der Waals surface area contributed by atoms with Gasteiger partial charge in [-0.2, -0.15) is 0 Å². The Morgan fingerprint density at radius 1 is 1.16 bits per heavy atom. The number of allylic oxidation sites excluding steroid dienone is 2. The first-order chi connectivity index (χ1) is 14.8. The molecule has 0 spiro atoms. The van der Waals surface area contributed by atoms with Gasteiger partial charge < -0.3 is 9.84 Å². The summed E-state index contributed by atoms with van der Waals surface area (Å²) in [5.41, 5.74) is 2.92. The summed E-state index contributed by atoms with van der Waals surface area (Å²) in [5, 5.41) is 21.2. The van der Waals surface area contributed by atoms with Crippen molar-refractivity contribution in [2.24, 2.45) is 0 Å². The minimum atomic E-state index is -0.496. The zero-order valence-corrected chi connectivity index (χ0v) is 17.3. The van der Waals surface area contributed by atoms with Gasteiger partial charge in [-0.05, 0) is 43.0 Å². The molecule has 1 heterocycles. The van der Waals surface area contributed by atoms with E-state index in [1.54, 1.807) is 25.1 Å². The number of nitrogens with zero attached hydrogens (tertiary/aromatic N) is 2. The number of carbonyl (C=O) groups excluding carboxylic acids is 2. The predicted octanol–water partition coefficient (Wildman–Crippen LogP) is 4.15. The molecule has 1 aliphatic heterocycles. The number of aromatic hydroxyl groups is 1. The maximum absolute atomic E-state index is 13.3. The maximum Gasteiger partial charge on any atom is 0.271 e. The lowest BCUT2D eigenvalue weighted by molar-refractivity contribution is -0.384. The number of Topliss-reactive ketones (excluding diaryl/α,β-unsaturated/α-hetero) is 1. The fraction of sp³-hybridized carbons (Fsp3) is 0.304. The lowest BCUT2D eigenvalue weighted by Crippen LogP contribution is -2.40. The third kappa shape index (κ3) is 3.54. The van der Waals surface area contributed by atoms with Gasteiger partial charge in [0, 0.05) is 42.2 Å². The van der Waals surface area contributed by atoms with Gasteiger partial charge in [0.25, 0.3) is 5.69 Å². The van der Waals surface area contributed by atoms with Crippen LogP contribution in [0, 0.1) is 17.0 Å². The Bertz CT molecular complexity index is 1140. The Kier molecular flexibility index (Phi) is 5.22. The van der Waals surface area contributed by atoms with E-state index in [0.717, 1.165) is 0 Å². The first kappa shape index (κ1) is 20.6. The lowest BCUT2D eigenvalue weighted by Gasteiger charge is -2.38. The molecule has 0 saturated carbocycles. The minimum Gasteiger partial charge on any atom is -0.504 e. The van der Waals surface area contributed by atoms with Crippen LogP contribution in [0.1, 0.15) is 42.7 Å². The largest absolute Gasteiger partial charge is 0.504 e. The van der Waals surface area contributed by atoms with Gasteiger partial charge in [0.1, 0.15) is 0 Å². The van der Waals surface area contributed by atoms with Gasteiger partial charge in [-0.3, -0.25) is 24.6 Å². The number of amides is 1. The molecule has 1 atom stereocenters. The van der Waals surface area contributed by atoms with E-state index in [0.29, 0.717) is 47.3 Å². The van der Waals surface area contributed by atoms with E-state index in [4.69, 9.17) is 4.74 Å². The Morgan fingerprint density at radius 2 is 1.94 bits per heavy atom. The number of ether oxygens (including phenoxy) is 1. The molecule has 2 aromatic carbocycles. The molecule has 31 heavy (non-hydrogen) atoms. The molecular formula is C23H22N2O6. The number of rotatable bonds is 4. The summed E-state index contributed by atoms with van der Waals surface area (Å²) in [7, 11) is 1.44. The van der Waals surface area contributed by atoms with Crippen molar-refractivity contribution in [2.75, 3.05) is 12.0 Å². The molecule has 0 saturated heterocycles. The highest BCUT2D eigenvalue weighted by Crippen LogP contribution is 2.45. The third-order valence-corrected chi connectivity index (χ3v) is 5.93. The number of anilines is 1. The number of nitro groups is 1. The minimum absolute atomic E-state index is 0.0218. The average molecular weight is 422 g/mol. The number of phenols is 1. The molecule has 8 nitrogen and oxygen atoms in total. The van der Waals surface area contributed by atoms with Crippen LogP contribution < -0.4 is 9.64 Å². The second-order valence-electron chi connectivity index (χ2n) is 7.78. The maximum atomic E-state index is 13.3. The van der Waals surface area contributed by atoms with Crippen molar-refractivity contribution in [3.8, 4) is 11.5 Å². The lowest BCUT2D eigenvalue weighted by atomic mass is 9.77. The topological polar surface area (TPSA) is 110 Å². The number of hydrogen-bond acceptors (Lipinski definition) is 6. The quantitative estimate of drug-likeness (QED) is 0.586. The molecule has 8 heteroatoms. The molecule has 0 aromatic heterocycles. The standard InChI is InChI=1S/C23H22N2O6/c1-13-6-8-15(25(29)30)11-18(13)24-17-4-3-5-20(27)23(17)16(12-22(24)28)14-7-9-19(26)21(10-14)31-2/h6-11,16,26H,3-5,12H2,1-2H3. The number of nitro benzene ring substituents is 1. The number of aryl methyl sites for hydroxylation is 1. The number of ketones is 1. The van der Waals surface area contributed by atoms with Crippen LogP contribution in [0.4, 0.5) is 11.4 Å². The molecule has 2 aromatic rings. The van der Waals surface area contributed by atoms with E-state index in [9.17, 15) is 24.8 Å². The Balaban J connectivity index is 1.88. The van der Waals surface area contributed by atoms with Crippen LogP contribution in [0.2, 0.25) is 0 Å². The molecule has 1 N–H and O–H groups in total. The Hall–Kier alpha value is -3.68. The zero-order valence-electron chi connectivity index (χ0n) is 17.3. The molecule has 0 fully saturated rings. The molecule has 160 valence electrons. The average Bonchev–Trinajstić information content (AvgIpc) is 2.74. The normalized spacial score (nSPS) is 18.8. The summed E-state index contributed by atoms with van der Waals surface area (Å²) >= 11 is 0. The zero-order chi connectivity index (χ0) is 22.3. The highest BCUT2D eigenvalue weighted by atomic mass is 16.6. The summed E-state index contributed by atoms with van der Waals surface area (Å²) in [6, 6.07) is 9.23. The smallest absolute Gasteiger partial charge is 0.271 e. The summed E-state index contributed by atoms with van der Waals surface area (Å²) in [5.74, 6) is -0.466. The molecule has 2 aliphatic rings. The van der Waals surface area contributed by atoms with Crippen molar-refractivity contribution in [2.45, 2.75) is 38.5 Å². The predicted molar refractivity (Wildman–Crippen MR) is 113 cm³/mol. The van der Waals surface area contributed by atoms with Crippen LogP contribution in [-0.4, -0.2) is 28.8 Å². The van der Waals surface area contributed by atoms with E-state index in [1.165, 1.54) is 30.2 Å². The van der Waals surface area contributed by atoms with Gasteiger partial charge in [-0.25, -0.2) is 0 Å². The van der Waals surface area contributed by atoms with Crippen LogP contribution in [-0.2, 0) is 9.59 Å². The van der Waals surface area contributed by atoms with E-state index >= 15 is 0 Å². The summed E-state index contributed by atoms with van der Waals surface area (Å²) in [6.45, 7) is 1.79. The third-order valence-electron chi connectivity index (χ3n) is 5.93. The first-order valence-corrected chi connectivity index (χ1v) is 10.0. The van der Waals surface area contributed by atoms with Crippen molar-refractivity contribution >= 4 is 23.1 Å². The molecule has 1 amide bonds. The molecule has 1 aliphatic carbocycles. The number of non-ortho nitro benzene ring substituents is 1. The van der Waals surface area contributed by atoms with Crippen LogP contribution in [0.3, 0.4) is 0 Å². The number of phenolic OH excluding ortho intramolecular Hbond substituents is 1. The SMILES string of the molecule is COc1cc(C2CC(=O)N(c3cc([N+](=O)[O-])ccc3C)C3=C2C(=O)CCC3)ccc1O. The monoisotopic (exact) mass is 422 g/mol. The van der Waals surface area contributed by atoms with Gasteiger partial charge in [0.2, 0.25) is 5.91 Å². The highest BCUT2D eigenvalue weighted by molar-refractivity contribution is 6.07. The fourth-order valence-corrected chi connectivity index (χ4v) is 4.42. The van der Waals surface area contributed by atoms with Gasteiger partial charge >= 0.3 is 0 Å². The van der Waals surface area contributed by atoms with Crippen molar-refractivity contribution in [1.82, 2.24) is 0 Å². The van der Waals surface area contributed by atoms with Crippen LogP contribution in [0.15, 0.2) is 47.7 Å². The summed E-state index contributed by atoms with van der Waals surface area (Å²) < 4.78 is 5.20. The highest BCUT2D eigenvalue weighted by Gasteiger charge is 2.40. The van der Waals surface area contributed by atoms with Gasteiger partial charge in [0.15, 0.2) is 17.3 Å². The summed E-state index contributed by atoms with van der Waals surface area (Å²) in [4.78, 5) is 38.6. The molecule has 4 rings (SSSR count). The van der Waals surface area contributed by atoms with Crippen LogP contribution >= 0.6 is 0 Å². The number of benzene rings is 2. The van der Waals surface area contributed by atoms with E-state index in [-0.39, 0.29) is 35.3 Å².